The van der Waals surface area contributed by atoms with Crippen molar-refractivity contribution in [1.82, 2.24) is 0 Å². The van der Waals surface area contributed by atoms with E-state index in [2.05, 4.69) is 53.7 Å². The van der Waals surface area contributed by atoms with E-state index in [1.54, 1.807) is 5.56 Å². The zero-order chi connectivity index (χ0) is 10.7. The van der Waals surface area contributed by atoms with Crippen LogP contribution in [0, 0.1) is 0 Å². The standard InChI is InChI=1S/C14H20/c1-13(2,3)11-8-9-7-10(9)12(11)14(4,5)6/h7-8H,1-6H3. The predicted molar refractivity (Wildman–Crippen MR) is 62.8 cm³/mol. The SMILES string of the molecule is CC(C)(C)c1cc2cc-2c1C(C)(C)C. The smallest absolute Gasteiger partial charge is 0.0123 e. The molecule has 76 valence electrons. The van der Waals surface area contributed by atoms with Gasteiger partial charge < -0.3 is 0 Å². The van der Waals surface area contributed by atoms with Gasteiger partial charge in [0.15, 0.2) is 0 Å². The van der Waals surface area contributed by atoms with Crippen molar-refractivity contribution in [3.8, 4) is 11.1 Å². The quantitative estimate of drug-likeness (QED) is 0.579. The Labute approximate surface area is 87.3 Å². The molecule has 0 bridgehead atoms. The average Bonchev–Trinajstić information content (AvgIpc) is 2.56. The van der Waals surface area contributed by atoms with E-state index in [1.807, 2.05) is 0 Å². The zero-order valence-corrected chi connectivity index (χ0v) is 10.2. The summed E-state index contributed by atoms with van der Waals surface area (Å²) in [7, 11) is 0. The van der Waals surface area contributed by atoms with Gasteiger partial charge in [0.25, 0.3) is 0 Å². The normalized spacial score (nSPS) is 14.4. The third-order valence-corrected chi connectivity index (χ3v) is 2.92. The number of rotatable bonds is 0. The second-order valence-corrected chi connectivity index (χ2v) is 6.45. The van der Waals surface area contributed by atoms with E-state index < -0.39 is 0 Å². The lowest BCUT2D eigenvalue weighted by atomic mass is 9.77. The van der Waals surface area contributed by atoms with E-state index in [1.165, 1.54) is 16.7 Å². The van der Waals surface area contributed by atoms with Crippen LogP contribution in [-0.4, -0.2) is 0 Å². The molecule has 0 radical (unpaired) electrons. The first-order valence-corrected chi connectivity index (χ1v) is 5.40. The highest BCUT2D eigenvalue weighted by Gasteiger charge is 2.34. The van der Waals surface area contributed by atoms with Gasteiger partial charge >= 0.3 is 0 Å². The third-order valence-electron chi connectivity index (χ3n) is 2.92. The van der Waals surface area contributed by atoms with Gasteiger partial charge in [0.05, 0.1) is 0 Å². The van der Waals surface area contributed by atoms with Crippen LogP contribution in [0.3, 0.4) is 0 Å². The lowest BCUT2D eigenvalue weighted by Crippen LogP contribution is -2.20. The minimum absolute atomic E-state index is 0.281. The molecule has 0 N–H and O–H groups in total. The maximum atomic E-state index is 2.37. The Morgan fingerprint density at radius 1 is 0.786 bits per heavy atom. The van der Waals surface area contributed by atoms with Crippen LogP contribution in [0.4, 0.5) is 0 Å². The van der Waals surface area contributed by atoms with Crippen molar-refractivity contribution < 1.29 is 0 Å². The highest BCUT2D eigenvalue weighted by atomic mass is 14.4. The first kappa shape index (κ1) is 9.76. The third kappa shape index (κ3) is 1.37. The van der Waals surface area contributed by atoms with E-state index in [0.717, 1.165) is 0 Å². The summed E-state index contributed by atoms with van der Waals surface area (Å²) in [6, 6.07) is 4.67. The Bertz CT molecular complexity index is 384. The first-order valence-electron chi connectivity index (χ1n) is 5.40. The van der Waals surface area contributed by atoms with E-state index in [-0.39, 0.29) is 10.8 Å². The number of benzene rings is 1. The van der Waals surface area contributed by atoms with E-state index in [4.69, 9.17) is 0 Å². The minimum atomic E-state index is 0.281. The molecule has 0 amide bonds. The van der Waals surface area contributed by atoms with Crippen LogP contribution in [0.25, 0.3) is 11.1 Å². The molecule has 2 aliphatic rings. The fourth-order valence-electron chi connectivity index (χ4n) is 2.23. The highest BCUT2D eigenvalue weighted by Crippen LogP contribution is 2.50. The van der Waals surface area contributed by atoms with E-state index in [9.17, 15) is 0 Å². The second-order valence-electron chi connectivity index (χ2n) is 6.45. The van der Waals surface area contributed by atoms with Crippen LogP contribution >= 0.6 is 0 Å². The molecule has 0 fully saturated rings. The first-order chi connectivity index (χ1) is 6.21. The highest BCUT2D eigenvalue weighted by molar-refractivity contribution is 5.88. The Hall–Kier alpha value is -0.780. The Morgan fingerprint density at radius 3 is 1.71 bits per heavy atom. The summed E-state index contributed by atoms with van der Waals surface area (Å²) in [5, 5.41) is 0. The molecular weight excluding hydrogens is 168 g/mol. The molecule has 0 spiro atoms. The van der Waals surface area contributed by atoms with Gasteiger partial charge in [-0.1, -0.05) is 47.6 Å². The Kier molecular flexibility index (Phi) is 1.69. The topological polar surface area (TPSA) is 0 Å². The van der Waals surface area contributed by atoms with Crippen LogP contribution < -0.4 is 0 Å². The molecule has 2 aliphatic carbocycles. The van der Waals surface area contributed by atoms with Gasteiger partial charge in [-0.3, -0.25) is 0 Å². The van der Waals surface area contributed by atoms with Crippen molar-refractivity contribution in [2.45, 2.75) is 52.4 Å². The fraction of sp³-hybridized carbons (Fsp3) is 0.571. The van der Waals surface area contributed by atoms with Gasteiger partial charge in [-0.2, -0.15) is 0 Å². The molecule has 0 saturated heterocycles. The largest absolute Gasteiger partial charge is 0.0561 e. The summed E-state index contributed by atoms with van der Waals surface area (Å²) in [5.41, 5.74) is 6.66. The van der Waals surface area contributed by atoms with Gasteiger partial charge in [0.1, 0.15) is 0 Å². The molecular formula is C14H20. The molecule has 0 nitrogen and oxygen atoms in total. The van der Waals surface area contributed by atoms with Gasteiger partial charge in [-0.05, 0) is 39.2 Å². The monoisotopic (exact) mass is 188 g/mol. The van der Waals surface area contributed by atoms with Crippen molar-refractivity contribution in [3.63, 3.8) is 0 Å². The summed E-state index contributed by atoms with van der Waals surface area (Å²) in [5.74, 6) is 0. The van der Waals surface area contributed by atoms with Crippen molar-refractivity contribution in [2.24, 2.45) is 0 Å². The fourth-order valence-corrected chi connectivity index (χ4v) is 2.23. The summed E-state index contributed by atoms with van der Waals surface area (Å²) >= 11 is 0. The summed E-state index contributed by atoms with van der Waals surface area (Å²) in [6.07, 6.45) is 0. The van der Waals surface area contributed by atoms with Crippen LogP contribution in [0.1, 0.15) is 52.7 Å². The maximum Gasteiger partial charge on any atom is -0.0123 e. The van der Waals surface area contributed by atoms with Crippen LogP contribution in [0.2, 0.25) is 0 Å². The number of fused-ring (bicyclic) bond motifs is 1. The molecule has 0 saturated carbocycles. The van der Waals surface area contributed by atoms with Gasteiger partial charge in [0.2, 0.25) is 0 Å². The predicted octanol–water partition coefficient (Wildman–Crippen LogP) is 4.26. The summed E-state index contributed by atoms with van der Waals surface area (Å²) in [4.78, 5) is 0. The molecule has 0 aromatic carbocycles. The molecule has 2 rings (SSSR count). The van der Waals surface area contributed by atoms with Crippen molar-refractivity contribution >= 4 is 0 Å². The van der Waals surface area contributed by atoms with E-state index in [0.29, 0.717) is 0 Å². The molecule has 0 aliphatic heterocycles. The Balaban J connectivity index is 2.56. The average molecular weight is 188 g/mol. The van der Waals surface area contributed by atoms with E-state index >= 15 is 0 Å². The molecule has 0 atom stereocenters. The van der Waals surface area contributed by atoms with Crippen molar-refractivity contribution in [2.75, 3.05) is 0 Å². The van der Waals surface area contributed by atoms with Gasteiger partial charge in [0, 0.05) is 0 Å². The molecule has 14 heavy (non-hydrogen) atoms. The van der Waals surface area contributed by atoms with Crippen LogP contribution in [0.5, 0.6) is 0 Å². The molecule has 0 unspecified atom stereocenters. The van der Waals surface area contributed by atoms with Gasteiger partial charge in [-0.25, -0.2) is 0 Å². The van der Waals surface area contributed by atoms with Crippen LogP contribution in [-0.2, 0) is 10.8 Å². The van der Waals surface area contributed by atoms with Crippen molar-refractivity contribution in [1.29, 1.82) is 0 Å². The maximum absolute atomic E-state index is 2.37. The van der Waals surface area contributed by atoms with Crippen molar-refractivity contribution in [3.05, 3.63) is 23.3 Å². The molecule has 0 aromatic rings. The molecule has 0 aromatic heterocycles. The number of hydrogen-bond donors (Lipinski definition) is 0. The zero-order valence-electron chi connectivity index (χ0n) is 10.2. The van der Waals surface area contributed by atoms with Gasteiger partial charge in [-0.15, -0.1) is 0 Å². The lowest BCUT2D eigenvalue weighted by Gasteiger charge is -2.27. The molecule has 0 heterocycles. The Morgan fingerprint density at radius 2 is 1.36 bits per heavy atom. The van der Waals surface area contributed by atoms with Crippen LogP contribution in [0.15, 0.2) is 12.1 Å². The lowest BCUT2D eigenvalue weighted by molar-refractivity contribution is 0.536. The summed E-state index contributed by atoms with van der Waals surface area (Å²) in [6.45, 7) is 13.8. The number of hydrogen-bond acceptors (Lipinski definition) is 0. The molecule has 0 heteroatoms. The second kappa shape index (κ2) is 2.42. The minimum Gasteiger partial charge on any atom is -0.0561 e. The summed E-state index contributed by atoms with van der Waals surface area (Å²) < 4.78 is 0.